The van der Waals surface area contributed by atoms with E-state index in [-0.39, 0.29) is 17.4 Å². The first-order chi connectivity index (χ1) is 9.97. The zero-order chi connectivity index (χ0) is 15.4. The van der Waals surface area contributed by atoms with E-state index in [1.165, 1.54) is 4.68 Å². The van der Waals surface area contributed by atoms with E-state index in [0.717, 1.165) is 25.1 Å². The molecule has 1 fully saturated rings. The number of carbonyl (C=O) groups is 1. The lowest BCUT2D eigenvalue weighted by Gasteiger charge is -2.33. The van der Waals surface area contributed by atoms with Crippen LogP contribution in [0.15, 0.2) is 17.1 Å². The molecule has 1 aliphatic rings. The van der Waals surface area contributed by atoms with Crippen molar-refractivity contribution < 1.29 is 4.79 Å². The van der Waals surface area contributed by atoms with E-state index in [1.807, 2.05) is 0 Å². The van der Waals surface area contributed by atoms with E-state index in [1.54, 1.807) is 19.3 Å². The van der Waals surface area contributed by atoms with Crippen molar-refractivity contribution in [3.05, 3.63) is 22.6 Å². The summed E-state index contributed by atoms with van der Waals surface area (Å²) in [4.78, 5) is 25.9. The molecule has 0 unspecified atom stereocenters. The molecule has 2 rings (SSSR count). The average molecular weight is 292 g/mol. The van der Waals surface area contributed by atoms with Crippen LogP contribution in [0.5, 0.6) is 0 Å². The molecule has 0 saturated carbocycles. The third kappa shape index (κ3) is 4.06. The zero-order valence-corrected chi connectivity index (χ0v) is 13.0. The molecule has 0 aliphatic carbocycles. The van der Waals surface area contributed by atoms with Crippen molar-refractivity contribution in [2.24, 2.45) is 18.9 Å². The number of aromatic nitrogens is 2. The summed E-state index contributed by atoms with van der Waals surface area (Å²) in [5, 5.41) is 7.04. The Morgan fingerprint density at radius 2 is 2.29 bits per heavy atom. The van der Waals surface area contributed by atoms with Crippen LogP contribution in [0.1, 0.15) is 26.7 Å². The summed E-state index contributed by atoms with van der Waals surface area (Å²) in [6.07, 6.45) is 3.55. The van der Waals surface area contributed by atoms with Crippen LogP contribution in [0.25, 0.3) is 0 Å². The first-order valence-electron chi connectivity index (χ1n) is 7.53. The maximum Gasteiger partial charge on any atom is 0.268 e. The third-order valence-corrected chi connectivity index (χ3v) is 3.80. The number of hydrogen-bond donors (Lipinski definition) is 1. The summed E-state index contributed by atoms with van der Waals surface area (Å²) in [6, 6.07) is 1.58. The number of amides is 1. The molecule has 21 heavy (non-hydrogen) atoms. The largest absolute Gasteiger partial charge is 0.369 e. The minimum absolute atomic E-state index is 0.0124. The molecule has 1 aliphatic heterocycles. The van der Waals surface area contributed by atoms with Gasteiger partial charge in [-0.05, 0) is 18.8 Å². The minimum Gasteiger partial charge on any atom is -0.369 e. The molecule has 1 aromatic heterocycles. The molecule has 1 saturated heterocycles. The predicted octanol–water partition coefficient (Wildman–Crippen LogP) is 0.769. The zero-order valence-electron chi connectivity index (χ0n) is 13.0. The molecule has 1 atom stereocenters. The minimum atomic E-state index is -0.126. The monoisotopic (exact) mass is 292 g/mol. The summed E-state index contributed by atoms with van der Waals surface area (Å²) in [5.74, 6) is 0.557. The van der Waals surface area contributed by atoms with Gasteiger partial charge in [0.2, 0.25) is 5.91 Å². The Bertz CT molecular complexity index is 553. The quantitative estimate of drug-likeness (QED) is 0.890. The van der Waals surface area contributed by atoms with Crippen LogP contribution in [0.4, 0.5) is 5.69 Å². The maximum absolute atomic E-state index is 12.2. The average Bonchev–Trinajstić information content (AvgIpc) is 2.47. The predicted molar refractivity (Wildman–Crippen MR) is 82.3 cm³/mol. The number of nitrogens with zero attached hydrogens (tertiary/aromatic N) is 3. The summed E-state index contributed by atoms with van der Waals surface area (Å²) >= 11 is 0. The van der Waals surface area contributed by atoms with Crippen LogP contribution in [-0.4, -0.2) is 35.3 Å². The summed E-state index contributed by atoms with van der Waals surface area (Å²) in [6.45, 7) is 6.39. The van der Waals surface area contributed by atoms with Gasteiger partial charge in [-0.25, -0.2) is 4.68 Å². The fourth-order valence-corrected chi connectivity index (χ4v) is 2.51. The lowest BCUT2D eigenvalue weighted by Crippen LogP contribution is -2.44. The van der Waals surface area contributed by atoms with Gasteiger partial charge in [-0.1, -0.05) is 13.8 Å². The van der Waals surface area contributed by atoms with Crippen LogP contribution >= 0.6 is 0 Å². The molecule has 1 N–H and O–H groups in total. The number of rotatable bonds is 4. The summed E-state index contributed by atoms with van der Waals surface area (Å²) < 4.78 is 1.31. The molecule has 116 valence electrons. The highest BCUT2D eigenvalue weighted by Crippen LogP contribution is 2.21. The Hall–Kier alpha value is -1.85. The van der Waals surface area contributed by atoms with Crippen molar-refractivity contribution in [3.63, 3.8) is 0 Å². The molecule has 0 bridgehead atoms. The Morgan fingerprint density at radius 3 is 2.95 bits per heavy atom. The molecular weight excluding hydrogens is 268 g/mol. The number of carbonyl (C=O) groups excluding carboxylic acids is 1. The first kappa shape index (κ1) is 15.5. The number of aryl methyl sites for hydroxylation is 1. The second kappa shape index (κ2) is 6.74. The van der Waals surface area contributed by atoms with Gasteiger partial charge in [-0.3, -0.25) is 9.59 Å². The van der Waals surface area contributed by atoms with Crippen LogP contribution in [-0.2, 0) is 11.8 Å². The van der Waals surface area contributed by atoms with E-state index in [9.17, 15) is 9.59 Å². The van der Waals surface area contributed by atoms with Gasteiger partial charge in [0.05, 0.1) is 17.8 Å². The standard InChI is InChI=1S/C15H24N4O2/c1-11(2)8-16-15(21)12-5-4-6-19(10-12)13-7-14(20)18(3)17-9-13/h7,9,11-12H,4-6,8,10H2,1-3H3,(H,16,21)/t12-/m1/s1. The van der Waals surface area contributed by atoms with Gasteiger partial charge >= 0.3 is 0 Å². The van der Waals surface area contributed by atoms with Gasteiger partial charge in [0.1, 0.15) is 0 Å². The lowest BCUT2D eigenvalue weighted by molar-refractivity contribution is -0.125. The normalized spacial score (nSPS) is 18.9. The maximum atomic E-state index is 12.2. The van der Waals surface area contributed by atoms with Crippen molar-refractivity contribution in [1.29, 1.82) is 0 Å². The Morgan fingerprint density at radius 1 is 1.52 bits per heavy atom. The Kier molecular flexibility index (Phi) is 4.98. The van der Waals surface area contributed by atoms with Crippen LogP contribution in [0.3, 0.4) is 0 Å². The van der Waals surface area contributed by atoms with Crippen molar-refractivity contribution in [3.8, 4) is 0 Å². The van der Waals surface area contributed by atoms with Crippen LogP contribution in [0.2, 0.25) is 0 Å². The van der Waals surface area contributed by atoms with Gasteiger partial charge in [-0.15, -0.1) is 0 Å². The van der Waals surface area contributed by atoms with E-state index >= 15 is 0 Å². The topological polar surface area (TPSA) is 67.2 Å². The van der Waals surface area contributed by atoms with Gasteiger partial charge in [0.25, 0.3) is 5.56 Å². The van der Waals surface area contributed by atoms with Gasteiger partial charge in [-0.2, -0.15) is 5.10 Å². The molecule has 2 heterocycles. The Labute approximate surface area is 125 Å². The number of piperidine rings is 1. The number of nitrogens with one attached hydrogen (secondary N) is 1. The molecule has 0 aromatic carbocycles. The lowest BCUT2D eigenvalue weighted by atomic mass is 9.96. The van der Waals surface area contributed by atoms with Gasteiger partial charge in [0, 0.05) is 32.7 Å². The molecule has 6 heteroatoms. The van der Waals surface area contributed by atoms with Crippen LogP contribution < -0.4 is 15.8 Å². The molecule has 1 aromatic rings. The van der Waals surface area contributed by atoms with Crippen molar-refractivity contribution in [1.82, 2.24) is 15.1 Å². The highest BCUT2D eigenvalue weighted by molar-refractivity contribution is 5.79. The fraction of sp³-hybridized carbons (Fsp3) is 0.667. The molecule has 0 radical (unpaired) electrons. The fourth-order valence-electron chi connectivity index (χ4n) is 2.51. The molecule has 1 amide bonds. The Balaban J connectivity index is 2.01. The summed E-state index contributed by atoms with van der Waals surface area (Å²) in [5.41, 5.74) is 0.679. The number of anilines is 1. The summed E-state index contributed by atoms with van der Waals surface area (Å²) in [7, 11) is 1.63. The van der Waals surface area contributed by atoms with Gasteiger partial charge in [0.15, 0.2) is 0 Å². The van der Waals surface area contributed by atoms with Crippen molar-refractivity contribution >= 4 is 11.6 Å². The smallest absolute Gasteiger partial charge is 0.268 e. The second-order valence-corrected chi connectivity index (χ2v) is 6.10. The molecule has 0 spiro atoms. The molecule has 6 nitrogen and oxygen atoms in total. The van der Waals surface area contributed by atoms with E-state index in [0.29, 0.717) is 19.0 Å². The SMILES string of the molecule is CC(C)CNC(=O)[C@@H]1CCCN(c2cnn(C)c(=O)c2)C1. The number of hydrogen-bond acceptors (Lipinski definition) is 4. The van der Waals surface area contributed by atoms with E-state index < -0.39 is 0 Å². The van der Waals surface area contributed by atoms with E-state index in [2.05, 4.69) is 29.2 Å². The first-order valence-corrected chi connectivity index (χ1v) is 7.53. The highest BCUT2D eigenvalue weighted by atomic mass is 16.2. The highest BCUT2D eigenvalue weighted by Gasteiger charge is 2.26. The van der Waals surface area contributed by atoms with Crippen molar-refractivity contribution in [2.75, 3.05) is 24.5 Å². The van der Waals surface area contributed by atoms with Crippen molar-refractivity contribution in [2.45, 2.75) is 26.7 Å². The van der Waals surface area contributed by atoms with Crippen LogP contribution in [0, 0.1) is 11.8 Å². The van der Waals surface area contributed by atoms with E-state index in [4.69, 9.17) is 0 Å². The molecular formula is C15H24N4O2. The third-order valence-electron chi connectivity index (χ3n) is 3.80. The van der Waals surface area contributed by atoms with Gasteiger partial charge < -0.3 is 10.2 Å². The second-order valence-electron chi connectivity index (χ2n) is 6.10.